The van der Waals surface area contributed by atoms with Crippen LogP contribution in [-0.2, 0) is 14.8 Å². The average molecular weight is 437 g/mol. The molecule has 0 aliphatic heterocycles. The molecule has 0 saturated carbocycles. The van der Waals surface area contributed by atoms with E-state index in [1.165, 1.54) is 4.31 Å². The Bertz CT molecular complexity index is 1200. The highest BCUT2D eigenvalue weighted by atomic mass is 32.2. The van der Waals surface area contributed by atoms with Gasteiger partial charge in [0.05, 0.1) is 10.6 Å². The summed E-state index contributed by atoms with van der Waals surface area (Å²) in [6.45, 7) is 9.19. The molecule has 3 aromatic rings. The lowest BCUT2D eigenvalue weighted by Crippen LogP contribution is -2.38. The van der Waals surface area contributed by atoms with Gasteiger partial charge in [-0.25, -0.2) is 8.42 Å². The van der Waals surface area contributed by atoms with Crippen LogP contribution < -0.4 is 9.62 Å². The second-order valence-corrected chi connectivity index (χ2v) is 9.72. The highest BCUT2D eigenvalue weighted by Crippen LogP contribution is 2.29. The number of amides is 1. The number of para-hydroxylation sites is 1. The highest BCUT2D eigenvalue weighted by Gasteiger charge is 2.28. The van der Waals surface area contributed by atoms with Gasteiger partial charge in [0, 0.05) is 5.69 Å². The molecule has 1 N–H and O–H groups in total. The Morgan fingerprint density at radius 2 is 1.35 bits per heavy atom. The largest absolute Gasteiger partial charge is 0.324 e. The molecule has 0 saturated heterocycles. The van der Waals surface area contributed by atoms with Gasteiger partial charge in [-0.2, -0.15) is 0 Å². The molecule has 0 aromatic heterocycles. The molecule has 5 nitrogen and oxygen atoms in total. The number of hydrogen-bond donors (Lipinski definition) is 1. The molecule has 0 radical (unpaired) electrons. The Kier molecular flexibility index (Phi) is 6.51. The van der Waals surface area contributed by atoms with Crippen molar-refractivity contribution in [1.82, 2.24) is 0 Å². The summed E-state index contributed by atoms with van der Waals surface area (Å²) in [5, 5.41) is 2.90. The van der Waals surface area contributed by atoms with E-state index in [4.69, 9.17) is 0 Å². The van der Waals surface area contributed by atoms with E-state index < -0.39 is 15.9 Å². The van der Waals surface area contributed by atoms with E-state index in [1.807, 2.05) is 58.9 Å². The van der Waals surface area contributed by atoms with Crippen molar-refractivity contribution < 1.29 is 13.2 Å². The van der Waals surface area contributed by atoms with Gasteiger partial charge in [-0.15, -0.1) is 0 Å². The van der Waals surface area contributed by atoms with Crippen LogP contribution in [0.2, 0.25) is 0 Å². The van der Waals surface area contributed by atoms with Gasteiger partial charge >= 0.3 is 0 Å². The van der Waals surface area contributed by atoms with Crippen LogP contribution in [-0.4, -0.2) is 20.9 Å². The molecule has 0 spiro atoms. The molecule has 162 valence electrons. The topological polar surface area (TPSA) is 66.5 Å². The van der Waals surface area contributed by atoms with E-state index in [0.717, 1.165) is 27.8 Å². The Morgan fingerprint density at radius 1 is 0.806 bits per heavy atom. The number of nitrogens with one attached hydrogen (secondary N) is 1. The van der Waals surface area contributed by atoms with E-state index >= 15 is 0 Å². The molecule has 0 aliphatic rings. The van der Waals surface area contributed by atoms with E-state index in [0.29, 0.717) is 11.4 Å². The van der Waals surface area contributed by atoms with Crippen molar-refractivity contribution in [1.29, 1.82) is 0 Å². The molecular formula is C25H28N2O3S. The lowest BCUT2D eigenvalue weighted by atomic mass is 10.1. The summed E-state index contributed by atoms with van der Waals surface area (Å²) in [7, 11) is -3.95. The van der Waals surface area contributed by atoms with Crippen molar-refractivity contribution in [3.8, 4) is 0 Å². The van der Waals surface area contributed by atoms with Crippen molar-refractivity contribution in [3.63, 3.8) is 0 Å². The molecule has 0 atom stereocenters. The van der Waals surface area contributed by atoms with Gasteiger partial charge in [0.25, 0.3) is 10.0 Å². The number of anilines is 2. The molecule has 6 heteroatoms. The Balaban J connectivity index is 2.03. The van der Waals surface area contributed by atoms with Gasteiger partial charge in [-0.1, -0.05) is 48.0 Å². The van der Waals surface area contributed by atoms with Gasteiger partial charge in [0.15, 0.2) is 0 Å². The van der Waals surface area contributed by atoms with Crippen LogP contribution in [0.15, 0.2) is 65.6 Å². The molecule has 3 rings (SSSR count). The third-order valence-corrected chi connectivity index (χ3v) is 7.26. The maximum Gasteiger partial charge on any atom is 0.264 e. The quantitative estimate of drug-likeness (QED) is 0.587. The van der Waals surface area contributed by atoms with Crippen LogP contribution in [0.5, 0.6) is 0 Å². The van der Waals surface area contributed by atoms with Crippen LogP contribution in [0, 0.1) is 34.6 Å². The van der Waals surface area contributed by atoms with Gasteiger partial charge in [-0.05, 0) is 75.1 Å². The number of nitrogens with zero attached hydrogens (tertiary/aromatic N) is 1. The fourth-order valence-corrected chi connectivity index (χ4v) is 4.94. The zero-order valence-corrected chi connectivity index (χ0v) is 19.4. The van der Waals surface area contributed by atoms with Gasteiger partial charge in [0.2, 0.25) is 5.91 Å². The second-order valence-electron chi connectivity index (χ2n) is 7.86. The molecule has 0 aliphatic carbocycles. The van der Waals surface area contributed by atoms with Crippen LogP contribution in [0.1, 0.15) is 27.8 Å². The van der Waals surface area contributed by atoms with Crippen LogP contribution >= 0.6 is 0 Å². The Morgan fingerprint density at radius 3 is 1.97 bits per heavy atom. The molecule has 0 unspecified atom stereocenters. The first kappa shape index (κ1) is 22.6. The molecule has 3 aromatic carbocycles. The average Bonchev–Trinajstić information content (AvgIpc) is 2.72. The van der Waals surface area contributed by atoms with Crippen LogP contribution in [0.3, 0.4) is 0 Å². The second kappa shape index (κ2) is 8.94. The predicted molar refractivity (Wildman–Crippen MR) is 126 cm³/mol. The number of sulfonamides is 1. The third-order valence-electron chi connectivity index (χ3n) is 5.49. The van der Waals surface area contributed by atoms with Crippen molar-refractivity contribution in [2.24, 2.45) is 0 Å². The van der Waals surface area contributed by atoms with Crippen LogP contribution in [0.4, 0.5) is 11.4 Å². The van der Waals surface area contributed by atoms with Crippen molar-refractivity contribution in [3.05, 3.63) is 88.5 Å². The number of benzene rings is 3. The maximum absolute atomic E-state index is 13.6. The molecule has 0 bridgehead atoms. The Hall–Kier alpha value is -3.12. The van der Waals surface area contributed by atoms with Crippen molar-refractivity contribution in [2.75, 3.05) is 16.2 Å². The number of hydrogen-bond acceptors (Lipinski definition) is 3. The molecule has 1 amide bonds. The number of rotatable bonds is 6. The van der Waals surface area contributed by atoms with E-state index in [-0.39, 0.29) is 11.4 Å². The van der Waals surface area contributed by atoms with Crippen molar-refractivity contribution in [2.45, 2.75) is 39.5 Å². The molecule has 0 heterocycles. The fraction of sp³-hybridized carbons (Fsp3) is 0.240. The summed E-state index contributed by atoms with van der Waals surface area (Å²) < 4.78 is 28.3. The fourth-order valence-electron chi connectivity index (χ4n) is 3.46. The zero-order chi connectivity index (χ0) is 22.8. The maximum atomic E-state index is 13.6. The van der Waals surface area contributed by atoms with E-state index in [2.05, 4.69) is 5.32 Å². The minimum atomic E-state index is -3.95. The summed E-state index contributed by atoms with van der Waals surface area (Å²) >= 11 is 0. The summed E-state index contributed by atoms with van der Waals surface area (Å²) in [5.41, 5.74) is 5.79. The number of aryl methyl sites for hydroxylation is 4. The highest BCUT2D eigenvalue weighted by molar-refractivity contribution is 7.92. The smallest absolute Gasteiger partial charge is 0.264 e. The molecule has 0 fully saturated rings. The summed E-state index contributed by atoms with van der Waals surface area (Å²) in [6.07, 6.45) is 0. The summed E-state index contributed by atoms with van der Waals surface area (Å²) in [4.78, 5) is 13.2. The molecular weight excluding hydrogens is 408 g/mol. The number of carbonyl (C=O) groups excluding carboxylic acids is 1. The standard InChI is InChI=1S/C25H28N2O3S/c1-17-12-14-22(15-13-17)31(29,30)27(23-11-7-8-18(2)21(23)5)16-24(28)26-25-19(3)9-6-10-20(25)4/h6-15H,16H2,1-5H3,(H,26,28). The zero-order valence-electron chi connectivity index (χ0n) is 18.6. The number of carbonyl (C=O) groups is 1. The summed E-state index contributed by atoms with van der Waals surface area (Å²) in [6, 6.07) is 17.9. The SMILES string of the molecule is Cc1ccc(S(=O)(=O)N(CC(=O)Nc2c(C)cccc2C)c2cccc(C)c2C)cc1. The lowest BCUT2D eigenvalue weighted by Gasteiger charge is -2.26. The molecule has 31 heavy (non-hydrogen) atoms. The first-order valence-corrected chi connectivity index (χ1v) is 11.6. The van der Waals surface area contributed by atoms with E-state index in [9.17, 15) is 13.2 Å². The normalized spacial score (nSPS) is 11.3. The predicted octanol–water partition coefficient (Wildman–Crippen LogP) is 5.06. The lowest BCUT2D eigenvalue weighted by molar-refractivity contribution is -0.114. The summed E-state index contributed by atoms with van der Waals surface area (Å²) in [5.74, 6) is -0.394. The first-order chi connectivity index (χ1) is 14.6. The van der Waals surface area contributed by atoms with E-state index in [1.54, 1.807) is 36.4 Å². The minimum absolute atomic E-state index is 0.152. The van der Waals surface area contributed by atoms with Crippen molar-refractivity contribution >= 4 is 27.3 Å². The van der Waals surface area contributed by atoms with Gasteiger partial charge in [-0.3, -0.25) is 9.10 Å². The van der Waals surface area contributed by atoms with Gasteiger partial charge in [0.1, 0.15) is 6.54 Å². The first-order valence-electron chi connectivity index (χ1n) is 10.1. The minimum Gasteiger partial charge on any atom is -0.324 e. The Labute approximate surface area is 184 Å². The third kappa shape index (κ3) is 4.80. The monoisotopic (exact) mass is 436 g/mol. The van der Waals surface area contributed by atoms with Gasteiger partial charge < -0.3 is 5.32 Å². The van der Waals surface area contributed by atoms with Crippen LogP contribution in [0.25, 0.3) is 0 Å².